The quantitative estimate of drug-likeness (QED) is 0.319. The van der Waals surface area contributed by atoms with Crippen LogP contribution in [-0.2, 0) is 24.9 Å². The lowest BCUT2D eigenvalue weighted by atomic mass is 10.0. The molecule has 0 aliphatic heterocycles. The first-order chi connectivity index (χ1) is 18.6. The Hall–Kier alpha value is -4.20. The fourth-order valence-corrected chi connectivity index (χ4v) is 4.68. The molecule has 8 heteroatoms. The summed E-state index contributed by atoms with van der Waals surface area (Å²) in [5.41, 5.74) is 3.87. The van der Waals surface area contributed by atoms with Crippen LogP contribution < -0.4 is 16.6 Å². The van der Waals surface area contributed by atoms with E-state index in [0.717, 1.165) is 23.1 Å². The molecule has 0 radical (unpaired) electrons. The zero-order valence-corrected chi connectivity index (χ0v) is 23.6. The molecule has 39 heavy (non-hydrogen) atoms. The van der Waals surface area contributed by atoms with Gasteiger partial charge in [0, 0.05) is 31.8 Å². The second-order valence-electron chi connectivity index (χ2n) is 10.8. The van der Waals surface area contributed by atoms with Gasteiger partial charge in [0.05, 0.1) is 12.2 Å². The Labute approximate surface area is 228 Å². The van der Waals surface area contributed by atoms with Crippen molar-refractivity contribution < 1.29 is 4.79 Å². The molecule has 0 aliphatic rings. The lowest BCUT2D eigenvalue weighted by molar-refractivity contribution is -0.114. The first-order valence-corrected chi connectivity index (χ1v) is 13.4. The van der Waals surface area contributed by atoms with Gasteiger partial charge in [0.15, 0.2) is 5.65 Å². The van der Waals surface area contributed by atoms with Crippen LogP contribution in [0.2, 0.25) is 0 Å². The summed E-state index contributed by atoms with van der Waals surface area (Å²) in [7, 11) is 1.51. The summed E-state index contributed by atoms with van der Waals surface area (Å²) >= 11 is 0. The van der Waals surface area contributed by atoms with Crippen LogP contribution in [0.5, 0.6) is 0 Å². The van der Waals surface area contributed by atoms with Gasteiger partial charge in [-0.3, -0.25) is 23.4 Å². The van der Waals surface area contributed by atoms with Crippen molar-refractivity contribution in [1.29, 1.82) is 0 Å². The summed E-state index contributed by atoms with van der Waals surface area (Å²) in [6.45, 7) is 10.7. The van der Waals surface area contributed by atoms with Crippen LogP contribution in [0.1, 0.15) is 46.6 Å². The minimum Gasteiger partial charge on any atom is -0.326 e. The average Bonchev–Trinajstić information content (AvgIpc) is 3.27. The van der Waals surface area contributed by atoms with Crippen molar-refractivity contribution >= 4 is 28.2 Å². The van der Waals surface area contributed by atoms with Crippen molar-refractivity contribution in [2.75, 3.05) is 5.32 Å². The third-order valence-electron chi connectivity index (χ3n) is 6.55. The highest BCUT2D eigenvalue weighted by Gasteiger charge is 2.23. The van der Waals surface area contributed by atoms with Gasteiger partial charge in [0.2, 0.25) is 5.91 Å². The number of carbonyl (C=O) groups is 1. The maximum atomic E-state index is 13.6. The smallest absolute Gasteiger partial charge is 0.326 e. The van der Waals surface area contributed by atoms with Gasteiger partial charge in [-0.2, -0.15) is 5.10 Å². The van der Waals surface area contributed by atoms with Crippen LogP contribution in [0.3, 0.4) is 0 Å². The molecule has 204 valence electrons. The number of nitrogens with one attached hydrogen (secondary N) is 1. The van der Waals surface area contributed by atoms with Gasteiger partial charge in [-0.05, 0) is 41.5 Å². The number of rotatable bonds is 9. The van der Waals surface area contributed by atoms with E-state index < -0.39 is 0 Å². The molecular formula is C31H37N5O3. The van der Waals surface area contributed by atoms with Gasteiger partial charge in [-0.25, -0.2) is 4.79 Å². The molecule has 0 atom stereocenters. The second kappa shape index (κ2) is 11.7. The van der Waals surface area contributed by atoms with E-state index in [-0.39, 0.29) is 23.1 Å². The molecule has 0 saturated carbocycles. The number of anilines is 1. The number of aromatic nitrogens is 4. The molecule has 0 unspecified atom stereocenters. The lowest BCUT2D eigenvalue weighted by Gasteiger charge is -2.13. The summed E-state index contributed by atoms with van der Waals surface area (Å²) in [6.07, 6.45) is 3.13. The monoisotopic (exact) mass is 527 g/mol. The van der Waals surface area contributed by atoms with Crippen molar-refractivity contribution in [2.24, 2.45) is 18.9 Å². The third-order valence-corrected chi connectivity index (χ3v) is 6.55. The number of allylic oxidation sites excluding steroid dienone is 2. The standard InChI is InChI=1S/C31H37N5O3/c1-20(2)12-13-25(23-10-8-7-9-11-23)19-36-28(24-14-16-26(17-15-24)32-22(5)37)27-29(33-36)35(18-21(3)4)31(39)34(6)30(27)38/h7-11,13-17,20-21H,12,18-19H2,1-6H3,(H,32,37)/b25-13+. The highest BCUT2D eigenvalue weighted by Crippen LogP contribution is 2.30. The number of amides is 1. The zero-order chi connectivity index (χ0) is 28.3. The molecule has 2 aromatic carbocycles. The Bertz CT molecular complexity index is 1620. The Morgan fingerprint density at radius 3 is 2.23 bits per heavy atom. The minimum absolute atomic E-state index is 0.160. The molecular weight excluding hydrogens is 490 g/mol. The predicted octanol–water partition coefficient (Wildman–Crippen LogP) is 5.31. The largest absolute Gasteiger partial charge is 0.332 e. The van der Waals surface area contributed by atoms with Crippen molar-refractivity contribution in [3.8, 4) is 11.3 Å². The maximum Gasteiger partial charge on any atom is 0.332 e. The summed E-state index contributed by atoms with van der Waals surface area (Å²) in [5.74, 6) is 0.497. The highest BCUT2D eigenvalue weighted by molar-refractivity contribution is 5.93. The molecule has 8 nitrogen and oxygen atoms in total. The van der Waals surface area contributed by atoms with E-state index in [1.54, 1.807) is 16.7 Å². The molecule has 0 spiro atoms. The lowest BCUT2D eigenvalue weighted by Crippen LogP contribution is -2.38. The van der Waals surface area contributed by atoms with Crippen LogP contribution in [-0.4, -0.2) is 24.8 Å². The molecule has 2 aromatic heterocycles. The number of hydrogen-bond acceptors (Lipinski definition) is 4. The molecule has 4 rings (SSSR count). The highest BCUT2D eigenvalue weighted by atomic mass is 16.2. The third kappa shape index (κ3) is 6.11. The van der Waals surface area contributed by atoms with Crippen LogP contribution in [0.15, 0.2) is 70.3 Å². The van der Waals surface area contributed by atoms with E-state index in [0.29, 0.717) is 41.4 Å². The topological polar surface area (TPSA) is 90.9 Å². The normalized spacial score (nSPS) is 12.1. The average molecular weight is 528 g/mol. The molecule has 4 aromatic rings. The van der Waals surface area contributed by atoms with Gasteiger partial charge in [-0.1, -0.05) is 76.2 Å². The number of carbonyl (C=O) groups excluding carboxylic acids is 1. The van der Waals surface area contributed by atoms with Gasteiger partial charge in [-0.15, -0.1) is 0 Å². The van der Waals surface area contributed by atoms with E-state index in [1.807, 2.05) is 48.9 Å². The fourth-order valence-electron chi connectivity index (χ4n) is 4.68. The summed E-state index contributed by atoms with van der Waals surface area (Å²) in [6, 6.07) is 17.5. The van der Waals surface area contributed by atoms with Crippen molar-refractivity contribution in [2.45, 2.75) is 54.1 Å². The Morgan fingerprint density at radius 2 is 1.64 bits per heavy atom. The van der Waals surface area contributed by atoms with Crippen molar-refractivity contribution in [3.63, 3.8) is 0 Å². The number of hydrogen-bond donors (Lipinski definition) is 1. The second-order valence-corrected chi connectivity index (χ2v) is 10.8. The summed E-state index contributed by atoms with van der Waals surface area (Å²) in [4.78, 5) is 38.3. The summed E-state index contributed by atoms with van der Waals surface area (Å²) < 4.78 is 4.61. The first-order valence-electron chi connectivity index (χ1n) is 13.4. The van der Waals surface area contributed by atoms with E-state index >= 15 is 0 Å². The van der Waals surface area contributed by atoms with E-state index in [2.05, 4.69) is 37.4 Å². The number of fused-ring (bicyclic) bond motifs is 1. The Morgan fingerprint density at radius 1 is 0.974 bits per heavy atom. The van der Waals surface area contributed by atoms with Crippen LogP contribution >= 0.6 is 0 Å². The zero-order valence-electron chi connectivity index (χ0n) is 23.6. The molecule has 0 fully saturated rings. The molecule has 0 bridgehead atoms. The maximum absolute atomic E-state index is 13.6. The molecule has 1 N–H and O–H groups in total. The first kappa shape index (κ1) is 27.8. The minimum atomic E-state index is -0.380. The van der Waals surface area contributed by atoms with E-state index in [9.17, 15) is 14.4 Å². The fraction of sp³-hybridized carbons (Fsp3) is 0.355. The van der Waals surface area contributed by atoms with Crippen LogP contribution in [0.25, 0.3) is 27.9 Å². The SMILES string of the molecule is CC(=O)Nc1ccc(-c2c3c(=O)n(C)c(=O)n(CC(C)C)c3nn2C/C(=C\CC(C)C)c2ccccc2)cc1. The van der Waals surface area contributed by atoms with Gasteiger partial charge in [0.25, 0.3) is 5.56 Å². The number of benzene rings is 2. The molecule has 2 heterocycles. The summed E-state index contributed by atoms with van der Waals surface area (Å²) in [5, 5.41) is 8.11. The van der Waals surface area contributed by atoms with Gasteiger partial charge < -0.3 is 5.32 Å². The van der Waals surface area contributed by atoms with Crippen LogP contribution in [0.4, 0.5) is 5.69 Å². The Balaban J connectivity index is 2.00. The van der Waals surface area contributed by atoms with Gasteiger partial charge in [0.1, 0.15) is 5.39 Å². The Kier molecular flexibility index (Phi) is 8.33. The van der Waals surface area contributed by atoms with E-state index in [4.69, 9.17) is 5.10 Å². The van der Waals surface area contributed by atoms with Gasteiger partial charge >= 0.3 is 5.69 Å². The molecule has 0 aliphatic carbocycles. The van der Waals surface area contributed by atoms with Crippen molar-refractivity contribution in [3.05, 3.63) is 87.1 Å². The molecule has 0 saturated heterocycles. The molecule has 1 amide bonds. The van der Waals surface area contributed by atoms with E-state index in [1.165, 1.54) is 18.5 Å². The number of nitrogens with zero attached hydrogens (tertiary/aromatic N) is 4. The predicted molar refractivity (Wildman–Crippen MR) is 158 cm³/mol. The van der Waals surface area contributed by atoms with Crippen LogP contribution in [0, 0.1) is 11.8 Å². The van der Waals surface area contributed by atoms with Crippen molar-refractivity contribution in [1.82, 2.24) is 18.9 Å².